The van der Waals surface area contributed by atoms with Crippen molar-refractivity contribution in [2.75, 3.05) is 51.3 Å². The molecular weight excluding hydrogens is 488 g/mol. The lowest BCUT2D eigenvalue weighted by atomic mass is 10.2. The summed E-state index contributed by atoms with van der Waals surface area (Å²) in [6, 6.07) is 14.1. The van der Waals surface area contributed by atoms with Gasteiger partial charge in [-0.3, -0.25) is 3.63 Å². The summed E-state index contributed by atoms with van der Waals surface area (Å²) in [5.41, 5.74) is 1.01. The normalized spacial score (nSPS) is 13.4. The van der Waals surface area contributed by atoms with E-state index < -0.39 is 20.4 Å². The summed E-state index contributed by atoms with van der Waals surface area (Å²) < 4.78 is 52.7. The molecule has 1 atom stereocenters. The fourth-order valence-electron chi connectivity index (χ4n) is 3.03. The molecule has 0 spiro atoms. The Bertz CT molecular complexity index is 958. The summed E-state index contributed by atoms with van der Waals surface area (Å²) in [5.74, 6) is 1.95. The molecule has 0 bridgehead atoms. The van der Waals surface area contributed by atoms with Crippen molar-refractivity contribution in [2.24, 2.45) is 0 Å². The van der Waals surface area contributed by atoms with Crippen LogP contribution >= 0.6 is 10.3 Å². The van der Waals surface area contributed by atoms with Crippen molar-refractivity contribution in [3.05, 3.63) is 54.1 Å². The van der Waals surface area contributed by atoms with Crippen LogP contribution in [0.5, 0.6) is 11.5 Å². The lowest BCUT2D eigenvalue weighted by Crippen LogP contribution is -2.27. The van der Waals surface area contributed by atoms with E-state index in [0.29, 0.717) is 44.5 Å². The summed E-state index contributed by atoms with van der Waals surface area (Å²) in [6.07, 6.45) is 5.56. The van der Waals surface area contributed by atoms with E-state index in [4.69, 9.17) is 18.9 Å². The number of rotatable bonds is 17. The lowest BCUT2D eigenvalue weighted by molar-refractivity contribution is -0.0369. The zero-order chi connectivity index (χ0) is 25.7. The monoisotopic (exact) mass is 529 g/mol. The van der Waals surface area contributed by atoms with Crippen LogP contribution in [0.4, 0.5) is 0 Å². The van der Waals surface area contributed by atoms with E-state index in [9.17, 15) is 8.42 Å². The molecule has 2 aromatic rings. The third-order valence-corrected chi connectivity index (χ3v) is 9.37. The Morgan fingerprint density at radius 2 is 1.40 bits per heavy atom. The van der Waals surface area contributed by atoms with Crippen molar-refractivity contribution in [3.63, 3.8) is 0 Å². The second-order valence-electron chi connectivity index (χ2n) is 8.75. The van der Waals surface area contributed by atoms with Crippen LogP contribution in [0.25, 0.3) is 0 Å². The Morgan fingerprint density at radius 1 is 0.800 bits per heavy atom. The van der Waals surface area contributed by atoms with Gasteiger partial charge in [0, 0.05) is 25.7 Å². The molecule has 0 saturated carbocycles. The molecule has 2 rings (SSSR count). The van der Waals surface area contributed by atoms with Crippen LogP contribution in [0.3, 0.4) is 0 Å². The largest absolute Gasteiger partial charge is 0.493 e. The first kappa shape index (κ1) is 29.5. The zero-order valence-corrected chi connectivity index (χ0v) is 23.2. The standard InChI is InChI=1S/C26H40O7S2/c1-6-16-29-20-25(30-17-7-2)21-32-24-12-10-23(11-13-24)31-18-19-34(4,5)33-35(27,28)26-14-8-22(3)9-15-26/h8-15,25H,6-7,16-21H2,1-5H3/p+1. The van der Waals surface area contributed by atoms with Crippen molar-refractivity contribution < 1.29 is 31.0 Å². The maximum absolute atomic E-state index is 12.7. The number of aryl methyl sites for hydroxylation is 1. The van der Waals surface area contributed by atoms with Crippen LogP contribution < -0.4 is 9.47 Å². The molecule has 1 unspecified atom stereocenters. The maximum Gasteiger partial charge on any atom is 0.421 e. The van der Waals surface area contributed by atoms with Crippen LogP contribution in [-0.4, -0.2) is 69.4 Å². The highest BCUT2D eigenvalue weighted by Crippen LogP contribution is 2.41. The molecule has 7 nitrogen and oxygen atoms in total. The average Bonchev–Trinajstić information content (AvgIpc) is 2.81. The molecule has 0 aliphatic rings. The van der Waals surface area contributed by atoms with E-state index in [-0.39, 0.29) is 11.0 Å². The van der Waals surface area contributed by atoms with E-state index in [1.807, 2.05) is 43.7 Å². The highest BCUT2D eigenvalue weighted by atomic mass is 32.3. The average molecular weight is 530 g/mol. The van der Waals surface area contributed by atoms with Gasteiger partial charge in [-0.05, 0) is 66.5 Å². The summed E-state index contributed by atoms with van der Waals surface area (Å²) in [5, 5.41) is 0. The molecule has 0 aromatic heterocycles. The van der Waals surface area contributed by atoms with Gasteiger partial charge in [0.1, 0.15) is 35.7 Å². The molecule has 9 heteroatoms. The second kappa shape index (κ2) is 14.7. The fraction of sp³-hybridized carbons (Fsp3) is 0.538. The molecule has 198 valence electrons. The van der Waals surface area contributed by atoms with Gasteiger partial charge in [-0.25, -0.2) is 0 Å². The molecule has 0 heterocycles. The Balaban J connectivity index is 1.80. The van der Waals surface area contributed by atoms with Crippen molar-refractivity contribution in [1.29, 1.82) is 0 Å². The molecule has 35 heavy (non-hydrogen) atoms. The molecule has 0 saturated heterocycles. The molecule has 0 fully saturated rings. The van der Waals surface area contributed by atoms with E-state index in [1.54, 1.807) is 24.3 Å². The van der Waals surface area contributed by atoms with E-state index >= 15 is 0 Å². The Labute approximate surface area is 212 Å². The highest BCUT2D eigenvalue weighted by Gasteiger charge is 2.30. The summed E-state index contributed by atoms with van der Waals surface area (Å²) in [7, 11) is -5.44. The van der Waals surface area contributed by atoms with Crippen LogP contribution in [0.15, 0.2) is 53.4 Å². The van der Waals surface area contributed by atoms with Gasteiger partial charge in [0.05, 0.1) is 12.4 Å². The Kier molecular flexibility index (Phi) is 12.4. The molecule has 0 aliphatic heterocycles. The minimum atomic E-state index is -3.69. The molecule has 0 radical (unpaired) electrons. The first-order valence-electron chi connectivity index (χ1n) is 12.0. The predicted octanol–water partition coefficient (Wildman–Crippen LogP) is 5.44. The quantitative estimate of drug-likeness (QED) is 0.154. The summed E-state index contributed by atoms with van der Waals surface area (Å²) >= 11 is 0. The van der Waals surface area contributed by atoms with Gasteiger partial charge >= 0.3 is 10.1 Å². The molecule has 2 aromatic carbocycles. The molecular formula is C26H41O7S2+. The predicted molar refractivity (Wildman–Crippen MR) is 144 cm³/mol. The molecule has 1 N–H and O–H groups in total. The smallest absolute Gasteiger partial charge is 0.421 e. The number of hydrogen-bond donors (Lipinski definition) is 0. The fourth-order valence-corrected chi connectivity index (χ4v) is 6.77. The molecule has 0 aliphatic carbocycles. The number of benzene rings is 2. The highest BCUT2D eigenvalue weighted by molar-refractivity contribution is 8.31. The molecule has 0 amide bonds. The van der Waals surface area contributed by atoms with Crippen LogP contribution in [-0.2, 0) is 19.6 Å². The van der Waals surface area contributed by atoms with Gasteiger partial charge in [0.2, 0.25) is 0 Å². The van der Waals surface area contributed by atoms with E-state index in [2.05, 4.69) is 17.5 Å². The van der Waals surface area contributed by atoms with E-state index in [1.165, 1.54) is 0 Å². The first-order chi connectivity index (χ1) is 16.6. The van der Waals surface area contributed by atoms with Gasteiger partial charge in [-0.15, -0.1) is 8.42 Å². The SMILES string of the molecule is CCCOCC(COc1ccc(OCCS(C)(C)[OH+]S(=O)(=O)c2ccc(C)cc2)cc1)OCCC. The lowest BCUT2D eigenvalue weighted by Gasteiger charge is -2.25. The van der Waals surface area contributed by atoms with Crippen molar-refractivity contribution >= 4 is 20.4 Å². The van der Waals surface area contributed by atoms with E-state index in [0.717, 1.165) is 24.2 Å². The van der Waals surface area contributed by atoms with Crippen LogP contribution in [0, 0.1) is 6.92 Å². The topological polar surface area (TPSA) is 83.9 Å². The third kappa shape index (κ3) is 11.2. The number of hydrogen-bond acceptors (Lipinski definition) is 6. The van der Waals surface area contributed by atoms with Crippen LogP contribution in [0.1, 0.15) is 32.3 Å². The van der Waals surface area contributed by atoms with Crippen molar-refractivity contribution in [1.82, 2.24) is 0 Å². The zero-order valence-electron chi connectivity index (χ0n) is 21.6. The van der Waals surface area contributed by atoms with Crippen molar-refractivity contribution in [2.45, 2.75) is 44.6 Å². The van der Waals surface area contributed by atoms with Crippen LogP contribution in [0.2, 0.25) is 0 Å². The number of ether oxygens (including phenoxy) is 4. The van der Waals surface area contributed by atoms with Gasteiger partial charge in [-0.2, -0.15) is 0 Å². The summed E-state index contributed by atoms with van der Waals surface area (Å²) in [6.45, 7) is 8.75. The van der Waals surface area contributed by atoms with Gasteiger partial charge < -0.3 is 18.9 Å². The van der Waals surface area contributed by atoms with Gasteiger partial charge in [0.15, 0.2) is 0 Å². The Morgan fingerprint density at radius 3 is 2.00 bits per heavy atom. The second-order valence-corrected chi connectivity index (χ2v) is 14.1. The van der Waals surface area contributed by atoms with Gasteiger partial charge in [0.25, 0.3) is 0 Å². The van der Waals surface area contributed by atoms with Gasteiger partial charge in [-0.1, -0.05) is 31.5 Å². The minimum Gasteiger partial charge on any atom is -0.493 e. The maximum atomic E-state index is 12.7. The van der Waals surface area contributed by atoms with Crippen molar-refractivity contribution in [3.8, 4) is 11.5 Å². The third-order valence-electron chi connectivity index (χ3n) is 4.94. The Hall–Kier alpha value is -1.78. The minimum absolute atomic E-state index is 0.109. The summed E-state index contributed by atoms with van der Waals surface area (Å²) in [4.78, 5) is 0.222. The first-order valence-corrected chi connectivity index (χ1v) is 16.0.